The minimum Gasteiger partial charge on any atom is -0.506 e. The van der Waals surface area contributed by atoms with Crippen LogP contribution in [0.2, 0.25) is 0 Å². The van der Waals surface area contributed by atoms with E-state index in [1.165, 1.54) is 6.08 Å². The lowest BCUT2D eigenvalue weighted by molar-refractivity contribution is -0.347. The number of alkyl halides is 7. The Morgan fingerprint density at radius 1 is 1.10 bits per heavy atom. The maximum absolute atomic E-state index is 11.8. The number of rotatable bonds is 7. The molecule has 1 fully saturated rings. The van der Waals surface area contributed by atoms with Gasteiger partial charge in [0, 0.05) is 20.0 Å². The molecule has 0 radical (unpaired) electrons. The number of nitrogens with zero attached hydrogens (tertiary/aromatic N) is 2. The topological polar surface area (TPSA) is 87.9 Å². The number of aliphatic carboxylic acids is 1. The number of likely N-dealkylation sites (N-methyl/N-ethyl adjacent to an activating group) is 1. The molecule has 0 bridgehead atoms. The van der Waals surface area contributed by atoms with E-state index in [-0.39, 0.29) is 17.8 Å². The van der Waals surface area contributed by atoms with Crippen molar-refractivity contribution in [3.05, 3.63) is 49.4 Å². The first-order valence-corrected chi connectivity index (χ1v) is 7.94. The summed E-state index contributed by atoms with van der Waals surface area (Å²) < 4.78 is 80.5. The van der Waals surface area contributed by atoms with Gasteiger partial charge in [-0.1, -0.05) is 18.7 Å². The maximum atomic E-state index is 11.8. The van der Waals surface area contributed by atoms with Gasteiger partial charge in [-0.05, 0) is 6.08 Å². The third-order valence-corrected chi connectivity index (χ3v) is 3.83. The normalized spacial score (nSPS) is 19.1. The van der Waals surface area contributed by atoms with Crippen molar-refractivity contribution in [2.45, 2.75) is 30.6 Å². The first-order valence-electron chi connectivity index (χ1n) is 7.94. The number of nitrogens with one attached hydrogen (secondary N) is 1. The first-order chi connectivity index (χ1) is 13.5. The Hall–Kier alpha value is -2.99. The van der Waals surface area contributed by atoms with Crippen LogP contribution in [-0.4, -0.2) is 69.6 Å². The average Bonchev–Trinajstić information content (AvgIpc) is 2.85. The van der Waals surface area contributed by atoms with Gasteiger partial charge in [-0.15, -0.1) is 13.2 Å². The lowest BCUT2D eigenvalue weighted by Crippen LogP contribution is -2.56. The van der Waals surface area contributed by atoms with Gasteiger partial charge < -0.3 is 20.0 Å². The molecule has 30 heavy (non-hydrogen) atoms. The van der Waals surface area contributed by atoms with Crippen molar-refractivity contribution in [2.75, 3.05) is 13.6 Å². The molecule has 0 aliphatic carbocycles. The summed E-state index contributed by atoms with van der Waals surface area (Å²) in [4.78, 5) is 13.1. The van der Waals surface area contributed by atoms with E-state index in [4.69, 9.17) is 10.5 Å². The lowest BCUT2D eigenvalue weighted by Gasteiger charge is -2.27. The van der Waals surface area contributed by atoms with Crippen molar-refractivity contribution in [1.82, 2.24) is 9.80 Å². The fourth-order valence-electron chi connectivity index (χ4n) is 2.27. The third-order valence-electron chi connectivity index (χ3n) is 3.83. The monoisotopic (exact) mass is 447 g/mol. The summed E-state index contributed by atoms with van der Waals surface area (Å²) in [5.41, 5.74) is 0.495. The number of hydrogen-bond acceptors (Lipinski definition) is 4. The van der Waals surface area contributed by atoms with Gasteiger partial charge in [0.15, 0.2) is 0 Å². The number of aliphatic hydroxyl groups excluding tert-OH is 1. The van der Waals surface area contributed by atoms with Crippen molar-refractivity contribution < 1.29 is 45.7 Å². The van der Waals surface area contributed by atoms with Crippen LogP contribution < -0.4 is 0 Å². The van der Waals surface area contributed by atoms with Crippen molar-refractivity contribution in [2.24, 2.45) is 0 Å². The third kappa shape index (κ3) is 5.13. The zero-order valence-corrected chi connectivity index (χ0v) is 15.7. The molecule has 1 rings (SSSR count). The molecule has 0 saturated carbocycles. The highest BCUT2D eigenvalue weighted by Crippen LogP contribution is 2.46. The van der Waals surface area contributed by atoms with E-state index < -0.39 is 24.0 Å². The van der Waals surface area contributed by atoms with Gasteiger partial charge in [0.2, 0.25) is 0 Å². The predicted molar refractivity (Wildman–Crippen MR) is 94.4 cm³/mol. The largest absolute Gasteiger partial charge is 0.506 e. The van der Waals surface area contributed by atoms with E-state index >= 15 is 0 Å². The molecule has 170 valence electrons. The fraction of sp³-hybridized carbons (Fsp3) is 0.412. The molecular weight excluding hydrogens is 427 g/mol. The van der Waals surface area contributed by atoms with Crippen molar-refractivity contribution >= 4 is 11.8 Å². The Balaban J connectivity index is 0.000000584. The summed E-state index contributed by atoms with van der Waals surface area (Å²) in [5, 5.41) is 25.2. The van der Waals surface area contributed by atoms with Gasteiger partial charge in [-0.3, -0.25) is 5.41 Å². The quantitative estimate of drug-likeness (QED) is 0.310. The predicted octanol–water partition coefficient (Wildman–Crippen LogP) is 4.16. The Morgan fingerprint density at radius 2 is 1.60 bits per heavy atom. The number of carboxylic acid groups (broad SMARTS) is 1. The molecule has 1 aliphatic heterocycles. The molecule has 0 spiro atoms. The fourth-order valence-corrected chi connectivity index (χ4v) is 2.27. The van der Waals surface area contributed by atoms with Crippen LogP contribution in [0, 0.1) is 5.41 Å². The minimum atomic E-state index is -6.60. The second-order valence-corrected chi connectivity index (χ2v) is 5.80. The smallest absolute Gasteiger partial charge is 0.460 e. The number of carboxylic acids is 1. The van der Waals surface area contributed by atoms with E-state index in [1.54, 1.807) is 17.1 Å². The highest BCUT2D eigenvalue weighted by Gasteiger charge is 2.76. The highest BCUT2D eigenvalue weighted by atomic mass is 19.4. The van der Waals surface area contributed by atoms with E-state index in [1.807, 2.05) is 11.9 Å². The molecule has 3 N–H and O–H groups in total. The average molecular weight is 447 g/mol. The summed E-state index contributed by atoms with van der Waals surface area (Å²) in [6.07, 6.45) is -0.994. The summed E-state index contributed by atoms with van der Waals surface area (Å²) in [5.74, 6) is -16.0. The number of halogens is 7. The number of aliphatic hydroxyl groups is 1. The summed E-state index contributed by atoms with van der Waals surface area (Å²) in [6, 6.07) is 0. The molecule has 6 nitrogen and oxygen atoms in total. The molecule has 1 heterocycles. The summed E-state index contributed by atoms with van der Waals surface area (Å²) in [6.45, 7) is 11.5. The standard InChI is InChI=1S/C13H19N3O.C4HF7O2/c1-5-8-11-15(4)13(14)12(10(17)7-3)16(11)9-6-2;5-2(6,1(12)13)3(7,8)4(9,10)11/h5-7,11,14,17H,1-3,8-9H2,4H3;(H,12,13). The first kappa shape index (κ1) is 27.0. The lowest BCUT2D eigenvalue weighted by atomic mass is 10.1. The van der Waals surface area contributed by atoms with Crippen LogP contribution in [-0.2, 0) is 4.79 Å². The molecule has 0 amide bonds. The van der Waals surface area contributed by atoms with Crippen LogP contribution >= 0.6 is 0 Å². The number of amidine groups is 1. The maximum Gasteiger partial charge on any atom is 0.460 e. The van der Waals surface area contributed by atoms with Gasteiger partial charge in [0.25, 0.3) is 0 Å². The second kappa shape index (κ2) is 9.67. The molecule has 1 saturated heterocycles. The molecule has 1 aliphatic rings. The minimum absolute atomic E-state index is 0.00454. The zero-order valence-electron chi connectivity index (χ0n) is 15.7. The van der Waals surface area contributed by atoms with Gasteiger partial charge in [0.1, 0.15) is 23.5 Å². The second-order valence-electron chi connectivity index (χ2n) is 5.80. The SMILES string of the molecule is C=CCC1N(C)C(=N)C(=C(O)C=C)N1CC=C.O=C(O)C(F)(F)C(F)(F)C(F)(F)F. The van der Waals surface area contributed by atoms with Gasteiger partial charge in [-0.2, -0.15) is 30.7 Å². The molecule has 0 aromatic rings. The Bertz CT molecular complexity index is 733. The molecule has 1 atom stereocenters. The van der Waals surface area contributed by atoms with Gasteiger partial charge >= 0.3 is 24.0 Å². The molecule has 0 aromatic carbocycles. The zero-order chi connectivity index (χ0) is 24.1. The van der Waals surface area contributed by atoms with Crippen molar-refractivity contribution in [3.63, 3.8) is 0 Å². The number of carbonyl (C=O) groups is 1. The van der Waals surface area contributed by atoms with E-state index in [2.05, 4.69) is 19.7 Å². The Morgan fingerprint density at radius 3 is 1.90 bits per heavy atom. The molecule has 13 heteroatoms. The van der Waals surface area contributed by atoms with Gasteiger partial charge in [-0.25, -0.2) is 4.79 Å². The number of allylic oxidation sites excluding steroid dienone is 1. The van der Waals surface area contributed by atoms with E-state index in [0.29, 0.717) is 18.7 Å². The Kier molecular flexibility index (Phi) is 8.71. The number of hydrogen-bond donors (Lipinski definition) is 3. The van der Waals surface area contributed by atoms with Crippen LogP contribution in [0.4, 0.5) is 30.7 Å². The Labute approximate surface area is 167 Å². The van der Waals surface area contributed by atoms with E-state index in [9.17, 15) is 40.6 Å². The van der Waals surface area contributed by atoms with Crippen molar-refractivity contribution in [1.29, 1.82) is 5.41 Å². The summed E-state index contributed by atoms with van der Waals surface area (Å²) in [7, 11) is 1.83. The van der Waals surface area contributed by atoms with Crippen LogP contribution in [0.5, 0.6) is 0 Å². The van der Waals surface area contributed by atoms with Crippen LogP contribution in [0.1, 0.15) is 6.42 Å². The molecule has 0 aromatic heterocycles. The molecular formula is C17H20F7N3O3. The van der Waals surface area contributed by atoms with Crippen LogP contribution in [0.25, 0.3) is 0 Å². The van der Waals surface area contributed by atoms with Gasteiger partial charge in [0.05, 0.1) is 0 Å². The van der Waals surface area contributed by atoms with Crippen molar-refractivity contribution in [3.8, 4) is 0 Å². The summed E-state index contributed by atoms with van der Waals surface area (Å²) >= 11 is 0. The van der Waals surface area contributed by atoms with Crippen LogP contribution in [0.3, 0.4) is 0 Å². The van der Waals surface area contributed by atoms with Crippen LogP contribution in [0.15, 0.2) is 49.4 Å². The highest BCUT2D eigenvalue weighted by molar-refractivity contribution is 5.98. The van der Waals surface area contributed by atoms with E-state index in [0.717, 1.165) is 0 Å². The molecule has 1 unspecified atom stereocenters.